The molecule has 8 heteroatoms. The van der Waals surface area contributed by atoms with Crippen molar-refractivity contribution in [2.45, 2.75) is 19.9 Å². The maximum absolute atomic E-state index is 14.1. The Bertz CT molecular complexity index is 753. The average molecular weight is 308 g/mol. The molecule has 2 aromatic rings. The summed E-state index contributed by atoms with van der Waals surface area (Å²) in [4.78, 5) is 13.4. The summed E-state index contributed by atoms with van der Waals surface area (Å²) in [5.74, 6) is -1.15. The molecule has 0 aliphatic carbocycles. The van der Waals surface area contributed by atoms with Crippen LogP contribution in [0.2, 0.25) is 0 Å². The zero-order valence-corrected chi connectivity index (χ0v) is 12.3. The van der Waals surface area contributed by atoms with Crippen molar-refractivity contribution in [2.24, 2.45) is 5.41 Å². The maximum Gasteiger partial charge on any atom is 0.439 e. The predicted molar refractivity (Wildman–Crippen MR) is 78.9 cm³/mol. The van der Waals surface area contributed by atoms with Crippen LogP contribution in [0.3, 0.4) is 0 Å². The number of nitrogens with one attached hydrogen (secondary N) is 2. The lowest BCUT2D eigenvalue weighted by atomic mass is 9.87. The second kappa shape index (κ2) is 5.13. The van der Waals surface area contributed by atoms with E-state index in [1.165, 1.54) is 6.07 Å². The number of anilines is 2. The molecular weight excluding hydrogens is 291 g/mol. The Hall–Kier alpha value is -2.35. The van der Waals surface area contributed by atoms with E-state index in [2.05, 4.69) is 33.8 Å². The van der Waals surface area contributed by atoms with Crippen LogP contribution in [-0.2, 0) is 4.74 Å². The largest absolute Gasteiger partial charge is 0.439 e. The number of aromatic nitrogens is 2. The standard InChI is InChI=1S/C14H17FN4O3/c1-14(2)6-21-5-10(14)17-9-4-7(3-8(15)11(9)16)12-18-13(20)22-19-12/h3-4,10,17H,5-6,16H2,1-2H3,(H,18,19,20)/t10-/m1/s1. The third-order valence-corrected chi connectivity index (χ3v) is 3.87. The Labute approximate surface area is 125 Å². The van der Waals surface area contributed by atoms with Crippen molar-refractivity contribution in [1.29, 1.82) is 0 Å². The number of hydrogen-bond donors (Lipinski definition) is 3. The van der Waals surface area contributed by atoms with Gasteiger partial charge in [0, 0.05) is 11.0 Å². The second-order valence-corrected chi connectivity index (χ2v) is 6.06. The lowest BCUT2D eigenvalue weighted by Gasteiger charge is -2.27. The van der Waals surface area contributed by atoms with Crippen molar-refractivity contribution in [3.8, 4) is 11.4 Å². The van der Waals surface area contributed by atoms with Gasteiger partial charge in [-0.05, 0) is 12.1 Å². The fourth-order valence-electron chi connectivity index (χ4n) is 2.42. The van der Waals surface area contributed by atoms with Gasteiger partial charge in [-0.2, -0.15) is 0 Å². The van der Waals surface area contributed by atoms with E-state index < -0.39 is 11.6 Å². The molecule has 1 aliphatic heterocycles. The van der Waals surface area contributed by atoms with Crippen LogP contribution in [0.1, 0.15) is 13.8 Å². The van der Waals surface area contributed by atoms with E-state index in [9.17, 15) is 9.18 Å². The van der Waals surface area contributed by atoms with Gasteiger partial charge in [-0.3, -0.25) is 9.51 Å². The molecule has 1 aromatic carbocycles. The molecule has 0 spiro atoms. The summed E-state index contributed by atoms with van der Waals surface area (Å²) in [6, 6.07) is 2.83. The summed E-state index contributed by atoms with van der Waals surface area (Å²) in [7, 11) is 0. The molecule has 0 radical (unpaired) electrons. The van der Waals surface area contributed by atoms with Gasteiger partial charge in [-0.25, -0.2) is 9.18 Å². The minimum atomic E-state index is -0.702. The second-order valence-electron chi connectivity index (χ2n) is 6.06. The fourth-order valence-corrected chi connectivity index (χ4v) is 2.42. The number of benzene rings is 1. The summed E-state index contributed by atoms with van der Waals surface area (Å²) < 4.78 is 24.0. The van der Waals surface area contributed by atoms with Gasteiger partial charge in [-0.1, -0.05) is 19.0 Å². The van der Waals surface area contributed by atoms with Crippen molar-refractivity contribution in [3.05, 3.63) is 28.5 Å². The highest BCUT2D eigenvalue weighted by molar-refractivity contribution is 5.74. The number of nitrogens with zero attached hydrogens (tertiary/aromatic N) is 1. The topological polar surface area (TPSA) is 106 Å². The number of ether oxygens (including phenoxy) is 1. The number of hydrogen-bond acceptors (Lipinski definition) is 6. The summed E-state index contributed by atoms with van der Waals surface area (Å²) in [5, 5.41) is 6.77. The molecule has 0 bridgehead atoms. The zero-order chi connectivity index (χ0) is 15.9. The smallest absolute Gasteiger partial charge is 0.395 e. The lowest BCUT2D eigenvalue weighted by molar-refractivity contribution is 0.167. The first-order valence-electron chi connectivity index (χ1n) is 6.86. The van der Waals surface area contributed by atoms with Crippen LogP contribution in [-0.4, -0.2) is 29.4 Å². The summed E-state index contributed by atoms with van der Waals surface area (Å²) >= 11 is 0. The molecule has 2 heterocycles. The summed E-state index contributed by atoms with van der Waals surface area (Å²) in [5.41, 5.74) is 6.53. The first kappa shape index (κ1) is 14.6. The number of nitrogens with two attached hydrogens (primary N) is 1. The Balaban J connectivity index is 1.97. The third kappa shape index (κ3) is 2.57. The van der Waals surface area contributed by atoms with E-state index in [0.717, 1.165) is 0 Å². The monoisotopic (exact) mass is 308 g/mol. The molecule has 4 N–H and O–H groups in total. The molecular formula is C14H17FN4O3. The summed E-state index contributed by atoms with van der Waals surface area (Å²) in [6.07, 6.45) is 0. The van der Waals surface area contributed by atoms with E-state index in [-0.39, 0.29) is 23.0 Å². The van der Waals surface area contributed by atoms with E-state index in [0.29, 0.717) is 24.5 Å². The van der Waals surface area contributed by atoms with Crippen LogP contribution in [0.5, 0.6) is 0 Å². The molecule has 118 valence electrons. The van der Waals surface area contributed by atoms with Gasteiger partial charge in [0.05, 0.1) is 30.6 Å². The molecule has 1 atom stereocenters. The molecule has 0 unspecified atom stereocenters. The summed E-state index contributed by atoms with van der Waals surface area (Å²) in [6.45, 7) is 5.24. The maximum atomic E-state index is 14.1. The van der Waals surface area contributed by atoms with Gasteiger partial charge in [0.25, 0.3) is 0 Å². The normalized spacial score (nSPS) is 20.2. The van der Waals surface area contributed by atoms with Gasteiger partial charge in [0.15, 0.2) is 5.82 Å². The van der Waals surface area contributed by atoms with Gasteiger partial charge >= 0.3 is 5.76 Å². The number of nitrogen functional groups attached to an aromatic ring is 1. The Morgan fingerprint density at radius 2 is 2.27 bits per heavy atom. The highest BCUT2D eigenvalue weighted by Crippen LogP contribution is 2.34. The predicted octanol–water partition coefficient (Wildman–Crippen LogP) is 1.59. The molecule has 1 aromatic heterocycles. The minimum Gasteiger partial charge on any atom is -0.395 e. The first-order valence-corrected chi connectivity index (χ1v) is 6.86. The lowest BCUT2D eigenvalue weighted by Crippen LogP contribution is -2.34. The molecule has 0 saturated carbocycles. The van der Waals surface area contributed by atoms with Crippen LogP contribution in [0.4, 0.5) is 15.8 Å². The number of halogens is 1. The Kier molecular flexibility index (Phi) is 3.40. The molecule has 7 nitrogen and oxygen atoms in total. The van der Waals surface area contributed by atoms with Crippen molar-refractivity contribution in [1.82, 2.24) is 10.1 Å². The molecule has 3 rings (SSSR count). The highest BCUT2D eigenvalue weighted by atomic mass is 19.1. The van der Waals surface area contributed by atoms with Crippen LogP contribution >= 0.6 is 0 Å². The number of aromatic amines is 1. The van der Waals surface area contributed by atoms with Crippen LogP contribution in [0.15, 0.2) is 21.5 Å². The van der Waals surface area contributed by atoms with Gasteiger partial charge in [-0.15, -0.1) is 0 Å². The molecule has 1 aliphatic rings. The van der Waals surface area contributed by atoms with Crippen molar-refractivity contribution in [3.63, 3.8) is 0 Å². The van der Waals surface area contributed by atoms with Gasteiger partial charge in [0.2, 0.25) is 0 Å². The minimum absolute atomic E-state index is 0.000748. The molecule has 1 saturated heterocycles. The van der Waals surface area contributed by atoms with Crippen LogP contribution in [0.25, 0.3) is 11.4 Å². The average Bonchev–Trinajstić information content (AvgIpc) is 3.01. The molecule has 0 amide bonds. The van der Waals surface area contributed by atoms with Crippen molar-refractivity contribution in [2.75, 3.05) is 24.3 Å². The van der Waals surface area contributed by atoms with Gasteiger partial charge < -0.3 is 15.8 Å². The number of rotatable bonds is 3. The number of H-pyrrole nitrogens is 1. The molecule has 1 fully saturated rings. The first-order chi connectivity index (χ1) is 10.4. The van der Waals surface area contributed by atoms with Crippen LogP contribution in [0, 0.1) is 11.2 Å². The zero-order valence-electron chi connectivity index (χ0n) is 12.3. The van der Waals surface area contributed by atoms with Crippen molar-refractivity contribution >= 4 is 11.4 Å². The van der Waals surface area contributed by atoms with Crippen LogP contribution < -0.4 is 16.8 Å². The highest BCUT2D eigenvalue weighted by Gasteiger charge is 2.36. The van der Waals surface area contributed by atoms with E-state index in [1.54, 1.807) is 6.07 Å². The molecule has 22 heavy (non-hydrogen) atoms. The third-order valence-electron chi connectivity index (χ3n) is 3.87. The van der Waals surface area contributed by atoms with E-state index in [4.69, 9.17) is 10.5 Å². The van der Waals surface area contributed by atoms with E-state index in [1.807, 2.05) is 0 Å². The Morgan fingerprint density at radius 1 is 1.50 bits per heavy atom. The Morgan fingerprint density at radius 3 is 2.86 bits per heavy atom. The SMILES string of the molecule is CC1(C)COC[C@H]1Nc1cc(-c2noc(=O)[nH]2)cc(F)c1N. The quantitative estimate of drug-likeness (QED) is 0.743. The van der Waals surface area contributed by atoms with Gasteiger partial charge in [0.1, 0.15) is 5.82 Å². The van der Waals surface area contributed by atoms with E-state index >= 15 is 0 Å². The fraction of sp³-hybridized carbons (Fsp3) is 0.429. The van der Waals surface area contributed by atoms with Crippen molar-refractivity contribution < 1.29 is 13.7 Å².